The number of nitrogens with zero attached hydrogens (tertiary/aromatic N) is 2. The number of sulfonamides is 1. The number of alkyl halides is 1. The number of hydroxylamine groups is 1. The number of halogens is 1. The Balaban J connectivity index is 2.13. The average Bonchev–Trinajstić information content (AvgIpc) is 3.03. The summed E-state index contributed by atoms with van der Waals surface area (Å²) in [6.07, 6.45) is 0. The predicted molar refractivity (Wildman–Crippen MR) is 108 cm³/mol. The molecule has 1 fully saturated rings. The highest BCUT2D eigenvalue weighted by Gasteiger charge is 2.59. The van der Waals surface area contributed by atoms with Gasteiger partial charge in [-0.05, 0) is 17.7 Å². The lowest BCUT2D eigenvalue weighted by Gasteiger charge is -2.35. The molecule has 0 aliphatic carbocycles. The van der Waals surface area contributed by atoms with Crippen molar-refractivity contribution in [2.45, 2.75) is 23.5 Å². The molecule has 2 atom stereocenters. The highest BCUT2D eigenvalue weighted by atomic mass is 79.9. The number of hydrogen-bond donors (Lipinski definition) is 0. The van der Waals surface area contributed by atoms with Gasteiger partial charge >= 0.3 is 0 Å². The zero-order valence-corrected chi connectivity index (χ0v) is 17.3. The summed E-state index contributed by atoms with van der Waals surface area (Å²) in [7, 11) is -3.66. The Hall–Kier alpha value is -1.41. The molecule has 2 unspecified atom stereocenters. The monoisotopic (exact) mass is 438 g/mol. The van der Waals surface area contributed by atoms with Crippen molar-refractivity contribution in [3.05, 3.63) is 66.2 Å². The fourth-order valence-electron chi connectivity index (χ4n) is 3.30. The van der Waals surface area contributed by atoms with Crippen molar-refractivity contribution >= 4 is 31.6 Å². The number of anilines is 1. The quantitative estimate of drug-likeness (QED) is 0.640. The smallest absolute Gasteiger partial charge is 0.234 e. The van der Waals surface area contributed by atoms with Crippen LogP contribution in [0.4, 0.5) is 5.69 Å². The summed E-state index contributed by atoms with van der Waals surface area (Å²) in [5, 5.41) is 1.70. The van der Waals surface area contributed by atoms with E-state index in [0.29, 0.717) is 13.1 Å². The van der Waals surface area contributed by atoms with Gasteiger partial charge in [-0.2, -0.15) is 0 Å². The van der Waals surface area contributed by atoms with Gasteiger partial charge in [-0.1, -0.05) is 78.3 Å². The first-order valence-electron chi connectivity index (χ1n) is 8.66. The van der Waals surface area contributed by atoms with Crippen LogP contribution in [-0.2, 0) is 14.9 Å². The molecule has 1 saturated heterocycles. The van der Waals surface area contributed by atoms with Gasteiger partial charge < -0.3 is 0 Å². The number of hydrogen-bond acceptors (Lipinski definition) is 4. The molecule has 2 aromatic carbocycles. The molecule has 1 heterocycles. The summed E-state index contributed by atoms with van der Waals surface area (Å²) >= 11 is 3.59. The van der Waals surface area contributed by atoms with Gasteiger partial charge in [-0.15, -0.1) is 0 Å². The number of benzene rings is 2. The van der Waals surface area contributed by atoms with Gasteiger partial charge in [0.15, 0.2) is 3.66 Å². The first-order chi connectivity index (χ1) is 12.5. The molecule has 0 aromatic heterocycles. The maximum absolute atomic E-state index is 13.4. The van der Waals surface area contributed by atoms with Gasteiger partial charge in [0.05, 0.1) is 5.69 Å². The van der Waals surface area contributed by atoms with Gasteiger partial charge in [0.25, 0.3) is 0 Å². The van der Waals surface area contributed by atoms with Crippen LogP contribution in [0.1, 0.15) is 25.5 Å². The highest BCUT2D eigenvalue weighted by Crippen LogP contribution is 2.50. The molecule has 7 heteroatoms. The molecule has 2 aromatic rings. The standard InChI is InChI=1S/C19H23BrN2O3S/c1-3-21(4-2)26(23,24)19(20)15-25-22(17-13-9-6-10-14-17)18(19)16-11-7-5-8-12-16/h5-14,18H,3-4,15H2,1-2H3. The maximum Gasteiger partial charge on any atom is 0.234 e. The van der Waals surface area contributed by atoms with E-state index in [-0.39, 0.29) is 6.61 Å². The largest absolute Gasteiger partial charge is 0.270 e. The molecular weight excluding hydrogens is 416 g/mol. The van der Waals surface area contributed by atoms with E-state index in [1.165, 1.54) is 4.31 Å². The van der Waals surface area contributed by atoms with E-state index in [4.69, 9.17) is 4.84 Å². The Morgan fingerprint density at radius 3 is 2.15 bits per heavy atom. The lowest BCUT2D eigenvalue weighted by Crippen LogP contribution is -2.49. The predicted octanol–water partition coefficient (Wildman–Crippen LogP) is 3.94. The molecule has 1 aliphatic heterocycles. The van der Waals surface area contributed by atoms with Gasteiger partial charge in [-0.25, -0.2) is 17.8 Å². The van der Waals surface area contributed by atoms with Crippen LogP contribution in [0.25, 0.3) is 0 Å². The van der Waals surface area contributed by atoms with Crippen molar-refractivity contribution < 1.29 is 13.3 Å². The Kier molecular flexibility index (Phi) is 5.72. The van der Waals surface area contributed by atoms with Crippen LogP contribution in [0, 0.1) is 0 Å². The molecule has 0 saturated carbocycles. The van der Waals surface area contributed by atoms with Gasteiger partial charge in [0.2, 0.25) is 10.0 Å². The van der Waals surface area contributed by atoms with Crippen molar-refractivity contribution in [2.75, 3.05) is 24.8 Å². The third-order valence-corrected chi connectivity index (χ3v) is 8.93. The van der Waals surface area contributed by atoms with Crippen molar-refractivity contribution in [2.24, 2.45) is 0 Å². The zero-order valence-electron chi connectivity index (χ0n) is 14.9. The molecule has 0 radical (unpaired) electrons. The topological polar surface area (TPSA) is 49.9 Å². The SMILES string of the molecule is CCN(CC)S(=O)(=O)C1(Br)CON(c2ccccc2)C1c1ccccc1. The summed E-state index contributed by atoms with van der Waals surface area (Å²) in [6.45, 7) is 4.55. The van der Waals surface area contributed by atoms with E-state index in [1.54, 1.807) is 5.06 Å². The van der Waals surface area contributed by atoms with E-state index in [2.05, 4.69) is 15.9 Å². The van der Waals surface area contributed by atoms with Gasteiger partial charge in [-0.3, -0.25) is 4.84 Å². The summed E-state index contributed by atoms with van der Waals surface area (Å²) in [5.74, 6) is 0. The second kappa shape index (κ2) is 7.68. The normalized spacial score (nSPS) is 23.5. The lowest BCUT2D eigenvalue weighted by molar-refractivity contribution is 0.158. The van der Waals surface area contributed by atoms with Crippen molar-refractivity contribution in [3.8, 4) is 0 Å². The highest BCUT2D eigenvalue weighted by molar-refractivity contribution is 9.11. The molecule has 26 heavy (non-hydrogen) atoms. The molecule has 0 spiro atoms. The third kappa shape index (κ3) is 3.17. The molecule has 0 N–H and O–H groups in total. The Morgan fingerprint density at radius 2 is 1.62 bits per heavy atom. The Morgan fingerprint density at radius 1 is 1.08 bits per heavy atom. The van der Waals surface area contributed by atoms with Crippen LogP contribution in [-0.4, -0.2) is 36.1 Å². The first-order valence-corrected chi connectivity index (χ1v) is 10.9. The Labute approximate surface area is 163 Å². The third-order valence-electron chi connectivity index (χ3n) is 4.64. The van der Waals surface area contributed by atoms with Gasteiger partial charge in [0, 0.05) is 13.1 Å². The van der Waals surface area contributed by atoms with E-state index >= 15 is 0 Å². The maximum atomic E-state index is 13.4. The molecule has 140 valence electrons. The van der Waals surface area contributed by atoms with E-state index in [1.807, 2.05) is 74.5 Å². The summed E-state index contributed by atoms with van der Waals surface area (Å²) in [4.78, 5) is 5.93. The lowest BCUT2D eigenvalue weighted by atomic mass is 10.0. The van der Waals surface area contributed by atoms with Gasteiger partial charge in [0.1, 0.15) is 12.6 Å². The minimum Gasteiger partial charge on any atom is -0.270 e. The van der Waals surface area contributed by atoms with E-state index in [0.717, 1.165) is 11.3 Å². The van der Waals surface area contributed by atoms with Crippen molar-refractivity contribution in [1.82, 2.24) is 4.31 Å². The minimum atomic E-state index is -3.66. The van der Waals surface area contributed by atoms with Crippen molar-refractivity contribution in [3.63, 3.8) is 0 Å². The molecular formula is C19H23BrN2O3S. The molecule has 1 aliphatic rings. The van der Waals surface area contributed by atoms with Crippen LogP contribution in [0.2, 0.25) is 0 Å². The van der Waals surface area contributed by atoms with Crippen LogP contribution in [0.5, 0.6) is 0 Å². The van der Waals surface area contributed by atoms with Crippen LogP contribution < -0.4 is 5.06 Å². The van der Waals surface area contributed by atoms with Crippen LogP contribution >= 0.6 is 15.9 Å². The first kappa shape index (κ1) is 19.4. The molecule has 0 bridgehead atoms. The zero-order chi connectivity index (χ0) is 18.8. The summed E-state index contributed by atoms with van der Waals surface area (Å²) in [6, 6.07) is 18.7. The van der Waals surface area contributed by atoms with Crippen molar-refractivity contribution in [1.29, 1.82) is 0 Å². The Bertz CT molecular complexity index is 828. The number of para-hydroxylation sites is 1. The molecule has 3 rings (SSSR count). The second-order valence-electron chi connectivity index (χ2n) is 6.12. The average molecular weight is 439 g/mol. The second-order valence-corrected chi connectivity index (χ2v) is 10.3. The molecule has 0 amide bonds. The fourth-order valence-corrected chi connectivity index (χ4v) is 6.29. The minimum absolute atomic E-state index is 0.0281. The fraction of sp³-hybridized carbons (Fsp3) is 0.368. The van der Waals surface area contributed by atoms with E-state index in [9.17, 15) is 8.42 Å². The van der Waals surface area contributed by atoms with Crippen LogP contribution in [0.3, 0.4) is 0 Å². The molecule has 5 nitrogen and oxygen atoms in total. The van der Waals surface area contributed by atoms with Crippen LogP contribution in [0.15, 0.2) is 60.7 Å². The van der Waals surface area contributed by atoms with E-state index < -0.39 is 19.7 Å². The summed E-state index contributed by atoms with van der Waals surface area (Å²) in [5.41, 5.74) is 1.69. The number of rotatable bonds is 6. The summed E-state index contributed by atoms with van der Waals surface area (Å²) < 4.78 is 27.1.